The summed E-state index contributed by atoms with van der Waals surface area (Å²) in [6.07, 6.45) is 2.29. The van der Waals surface area contributed by atoms with Gasteiger partial charge in [-0.15, -0.1) is 0 Å². The Kier molecular flexibility index (Phi) is 3.67. The van der Waals surface area contributed by atoms with E-state index < -0.39 is 17.5 Å². The molecule has 0 radical (unpaired) electrons. The Morgan fingerprint density at radius 2 is 2.00 bits per heavy atom. The van der Waals surface area contributed by atoms with E-state index in [2.05, 4.69) is 15.7 Å². The molecule has 4 N–H and O–H groups in total. The lowest BCUT2D eigenvalue weighted by molar-refractivity contribution is 0.102. The van der Waals surface area contributed by atoms with Crippen LogP contribution in [-0.2, 0) is 0 Å². The molecule has 2 rings (SSSR count). The van der Waals surface area contributed by atoms with E-state index in [0.717, 1.165) is 12.3 Å². The number of nitrogens with one attached hydrogen (secondary N) is 2. The van der Waals surface area contributed by atoms with Gasteiger partial charge in [0.1, 0.15) is 5.82 Å². The number of benzene rings is 1. The molecule has 0 spiro atoms. The molecule has 0 unspecified atom stereocenters. The molecule has 19 heavy (non-hydrogen) atoms. The van der Waals surface area contributed by atoms with Gasteiger partial charge in [-0.2, -0.15) is 0 Å². The predicted molar refractivity (Wildman–Crippen MR) is 66.4 cm³/mol. The topological polar surface area (TPSA) is 80.0 Å². The zero-order valence-electron chi connectivity index (χ0n) is 9.65. The molecule has 0 fully saturated rings. The fraction of sp³-hybridized carbons (Fsp3) is 0. The maximum atomic E-state index is 13.4. The van der Waals surface area contributed by atoms with Gasteiger partial charge < -0.3 is 10.7 Å². The van der Waals surface area contributed by atoms with Gasteiger partial charge >= 0.3 is 0 Å². The van der Waals surface area contributed by atoms with Crippen LogP contribution in [0.5, 0.6) is 0 Å². The largest absolute Gasteiger partial charge is 0.321 e. The van der Waals surface area contributed by atoms with E-state index in [1.807, 2.05) is 0 Å². The van der Waals surface area contributed by atoms with E-state index >= 15 is 0 Å². The molecule has 0 saturated carbocycles. The van der Waals surface area contributed by atoms with Crippen molar-refractivity contribution in [2.45, 2.75) is 0 Å². The summed E-state index contributed by atoms with van der Waals surface area (Å²) in [6.45, 7) is 0. The van der Waals surface area contributed by atoms with Crippen LogP contribution in [0.25, 0.3) is 0 Å². The van der Waals surface area contributed by atoms with Gasteiger partial charge in [-0.05, 0) is 18.2 Å². The lowest BCUT2D eigenvalue weighted by atomic mass is 10.1. The Morgan fingerprint density at radius 3 is 2.68 bits per heavy atom. The van der Waals surface area contributed by atoms with Gasteiger partial charge in [0.25, 0.3) is 5.91 Å². The van der Waals surface area contributed by atoms with Crippen molar-refractivity contribution in [3.8, 4) is 0 Å². The monoisotopic (exact) mass is 264 g/mol. The summed E-state index contributed by atoms with van der Waals surface area (Å²) in [5, 5.41) is 2.31. The highest BCUT2D eigenvalue weighted by Crippen LogP contribution is 2.20. The smallest absolute Gasteiger partial charge is 0.258 e. The van der Waals surface area contributed by atoms with Crippen molar-refractivity contribution in [1.29, 1.82) is 0 Å². The van der Waals surface area contributed by atoms with Gasteiger partial charge in [0.15, 0.2) is 5.82 Å². The number of hydrogen-bond donors (Lipinski definition) is 3. The van der Waals surface area contributed by atoms with Crippen molar-refractivity contribution in [1.82, 2.24) is 4.98 Å². The molecule has 0 saturated heterocycles. The molecule has 1 aromatic heterocycles. The zero-order chi connectivity index (χ0) is 13.8. The Hall–Kier alpha value is -2.54. The quantitative estimate of drug-likeness (QED) is 0.584. The number of carbonyl (C=O) groups excluding carboxylic acids is 1. The first-order valence-corrected chi connectivity index (χ1v) is 5.29. The van der Waals surface area contributed by atoms with Gasteiger partial charge in [0.05, 0.1) is 23.1 Å². The molecule has 0 atom stereocenters. The van der Waals surface area contributed by atoms with E-state index in [4.69, 9.17) is 5.84 Å². The Labute approximate surface area is 107 Å². The van der Waals surface area contributed by atoms with Crippen LogP contribution in [0.3, 0.4) is 0 Å². The van der Waals surface area contributed by atoms with E-state index in [0.29, 0.717) is 0 Å². The van der Waals surface area contributed by atoms with Gasteiger partial charge in [0.2, 0.25) is 0 Å². The number of rotatable bonds is 3. The molecule has 1 amide bonds. The molecule has 2 aromatic rings. The molecule has 5 nitrogen and oxygen atoms in total. The number of nitrogens with two attached hydrogens (primary N) is 1. The molecule has 7 heteroatoms. The highest BCUT2D eigenvalue weighted by atomic mass is 19.1. The van der Waals surface area contributed by atoms with Crippen LogP contribution in [0.4, 0.5) is 20.2 Å². The SMILES string of the molecule is NNc1c(F)cccc1C(=O)Nc1ccncc1F. The normalized spacial score (nSPS) is 10.1. The van der Waals surface area contributed by atoms with Crippen molar-refractivity contribution in [3.05, 3.63) is 53.9 Å². The molecular formula is C12H10F2N4O. The van der Waals surface area contributed by atoms with E-state index in [1.54, 1.807) is 0 Å². The lowest BCUT2D eigenvalue weighted by Crippen LogP contribution is -2.19. The fourth-order valence-electron chi connectivity index (χ4n) is 1.53. The van der Waals surface area contributed by atoms with Crippen LogP contribution >= 0.6 is 0 Å². The summed E-state index contributed by atoms with van der Waals surface area (Å²) < 4.78 is 26.8. The Morgan fingerprint density at radius 1 is 1.21 bits per heavy atom. The summed E-state index contributed by atoms with van der Waals surface area (Å²) >= 11 is 0. The van der Waals surface area contributed by atoms with Crippen LogP contribution in [-0.4, -0.2) is 10.9 Å². The van der Waals surface area contributed by atoms with E-state index in [1.165, 1.54) is 24.4 Å². The molecule has 1 heterocycles. The minimum absolute atomic E-state index is 0.0290. The van der Waals surface area contributed by atoms with Crippen molar-refractivity contribution < 1.29 is 13.6 Å². The van der Waals surface area contributed by atoms with Gasteiger partial charge in [-0.3, -0.25) is 15.6 Å². The number of hydrazine groups is 1. The summed E-state index contributed by atoms with van der Waals surface area (Å²) in [4.78, 5) is 15.5. The molecule has 0 bridgehead atoms. The van der Waals surface area contributed by atoms with Crippen molar-refractivity contribution in [3.63, 3.8) is 0 Å². The third-order valence-electron chi connectivity index (χ3n) is 2.42. The first-order valence-electron chi connectivity index (χ1n) is 5.29. The summed E-state index contributed by atoms with van der Waals surface area (Å²) in [5.41, 5.74) is 1.87. The van der Waals surface area contributed by atoms with Gasteiger partial charge in [-0.1, -0.05) is 6.07 Å². The highest BCUT2D eigenvalue weighted by molar-refractivity contribution is 6.08. The predicted octanol–water partition coefficient (Wildman–Crippen LogP) is 1.90. The number of para-hydroxylation sites is 1. The van der Waals surface area contributed by atoms with Gasteiger partial charge in [0, 0.05) is 6.20 Å². The first-order chi connectivity index (χ1) is 9.13. The van der Waals surface area contributed by atoms with Crippen molar-refractivity contribution in [2.24, 2.45) is 5.84 Å². The minimum atomic E-state index is -0.686. The average molecular weight is 264 g/mol. The maximum Gasteiger partial charge on any atom is 0.258 e. The maximum absolute atomic E-state index is 13.4. The van der Waals surface area contributed by atoms with Crippen LogP contribution in [0.1, 0.15) is 10.4 Å². The van der Waals surface area contributed by atoms with E-state index in [9.17, 15) is 13.6 Å². The molecule has 0 aliphatic rings. The molecule has 98 valence electrons. The second-order valence-corrected chi connectivity index (χ2v) is 3.62. The number of pyridine rings is 1. The number of hydrogen-bond acceptors (Lipinski definition) is 4. The van der Waals surface area contributed by atoms with Crippen molar-refractivity contribution >= 4 is 17.3 Å². The highest BCUT2D eigenvalue weighted by Gasteiger charge is 2.15. The van der Waals surface area contributed by atoms with Crippen LogP contribution < -0.4 is 16.6 Å². The van der Waals surface area contributed by atoms with Gasteiger partial charge in [-0.25, -0.2) is 8.78 Å². The molecule has 1 aromatic carbocycles. The number of nitrogen functional groups attached to an aromatic ring is 1. The van der Waals surface area contributed by atoms with E-state index in [-0.39, 0.29) is 16.9 Å². The Bertz CT molecular complexity index is 618. The number of aromatic nitrogens is 1. The Balaban J connectivity index is 2.31. The standard InChI is InChI=1S/C12H10F2N4O/c13-8-3-1-2-7(11(8)18-15)12(19)17-10-4-5-16-6-9(10)14/h1-6,18H,15H2,(H,16,17,19). The van der Waals surface area contributed by atoms with Crippen molar-refractivity contribution in [2.75, 3.05) is 10.7 Å². The van der Waals surface area contributed by atoms with Crippen LogP contribution in [0, 0.1) is 11.6 Å². The minimum Gasteiger partial charge on any atom is -0.321 e. The average Bonchev–Trinajstić information content (AvgIpc) is 2.41. The van der Waals surface area contributed by atoms with Crippen LogP contribution in [0.15, 0.2) is 36.7 Å². The third kappa shape index (κ3) is 2.66. The third-order valence-corrected chi connectivity index (χ3v) is 2.42. The number of amides is 1. The number of nitrogens with zero attached hydrogens (tertiary/aromatic N) is 1. The first kappa shape index (κ1) is 12.9. The number of carbonyl (C=O) groups is 1. The molecule has 0 aliphatic carbocycles. The summed E-state index contributed by atoms with van der Waals surface area (Å²) in [7, 11) is 0. The number of halogens is 2. The molecular weight excluding hydrogens is 254 g/mol. The summed E-state index contributed by atoms with van der Waals surface area (Å²) in [6, 6.07) is 5.17. The fourth-order valence-corrected chi connectivity index (χ4v) is 1.53. The second-order valence-electron chi connectivity index (χ2n) is 3.62. The zero-order valence-corrected chi connectivity index (χ0v) is 9.65. The van der Waals surface area contributed by atoms with Crippen LogP contribution in [0.2, 0.25) is 0 Å². The second kappa shape index (κ2) is 5.40. The lowest BCUT2D eigenvalue weighted by Gasteiger charge is -2.10. The summed E-state index contributed by atoms with van der Waals surface area (Å²) in [5.74, 6) is 3.11. The molecule has 0 aliphatic heterocycles. The number of anilines is 2.